The molecular formula is C22H22ClNO3S2. The highest BCUT2D eigenvalue weighted by atomic mass is 35.5. The molecular weight excluding hydrogens is 426 g/mol. The fourth-order valence-corrected chi connectivity index (χ4v) is 3.95. The Kier molecular flexibility index (Phi) is 8.55. The van der Waals surface area contributed by atoms with Gasteiger partial charge in [0.1, 0.15) is 10.1 Å². The molecule has 1 aliphatic rings. The quantitative estimate of drug-likeness (QED) is 0.258. The zero-order valence-corrected chi connectivity index (χ0v) is 18.3. The zero-order chi connectivity index (χ0) is 20.5. The molecule has 7 heteroatoms. The second kappa shape index (κ2) is 11.4. The maximum Gasteiger partial charge on any atom is 0.185 e. The molecule has 2 aromatic rings. The van der Waals surface area contributed by atoms with Crippen molar-refractivity contribution in [1.29, 1.82) is 0 Å². The molecule has 0 spiro atoms. The van der Waals surface area contributed by atoms with Crippen LogP contribution in [0.25, 0.3) is 6.08 Å². The van der Waals surface area contributed by atoms with E-state index in [0.717, 1.165) is 47.7 Å². The van der Waals surface area contributed by atoms with E-state index in [1.165, 1.54) is 0 Å². The fraction of sp³-hybridized carbons (Fsp3) is 0.273. The number of ketones is 1. The van der Waals surface area contributed by atoms with E-state index in [1.54, 1.807) is 48.2 Å². The van der Waals surface area contributed by atoms with Gasteiger partial charge in [-0.2, -0.15) is 0 Å². The number of hydrogen-bond donors (Lipinski definition) is 0. The molecule has 0 N–H and O–H groups in total. The lowest BCUT2D eigenvalue weighted by Gasteiger charge is -2.28. The van der Waals surface area contributed by atoms with Crippen LogP contribution in [-0.2, 0) is 4.74 Å². The number of morpholine rings is 1. The summed E-state index contributed by atoms with van der Waals surface area (Å²) in [6.45, 7) is 3.73. The second-order valence-corrected chi connectivity index (χ2v) is 8.50. The average molecular weight is 448 g/mol. The molecule has 0 atom stereocenters. The molecule has 0 unspecified atom stereocenters. The minimum Gasteiger partial charge on any atom is -0.493 e. The van der Waals surface area contributed by atoms with Crippen LogP contribution in [0.4, 0.5) is 0 Å². The number of rotatable bonds is 7. The average Bonchev–Trinajstić information content (AvgIpc) is 2.77. The Morgan fingerprint density at radius 2 is 1.83 bits per heavy atom. The maximum atomic E-state index is 12.3. The second-order valence-electron chi connectivity index (χ2n) is 6.34. The van der Waals surface area contributed by atoms with Gasteiger partial charge < -0.3 is 14.4 Å². The molecule has 1 fully saturated rings. The van der Waals surface area contributed by atoms with Crippen molar-refractivity contribution in [3.8, 4) is 5.75 Å². The minimum absolute atomic E-state index is 0.0575. The molecule has 0 aromatic heterocycles. The van der Waals surface area contributed by atoms with Gasteiger partial charge in [-0.25, -0.2) is 0 Å². The number of benzene rings is 2. The lowest BCUT2D eigenvalue weighted by molar-refractivity contribution is 0.0702. The first-order chi connectivity index (χ1) is 14.1. The predicted octanol–water partition coefficient (Wildman–Crippen LogP) is 4.97. The number of halogens is 1. The third-order valence-corrected chi connectivity index (χ3v) is 6.02. The summed E-state index contributed by atoms with van der Waals surface area (Å²) in [6, 6.07) is 14.5. The molecule has 0 aliphatic carbocycles. The highest BCUT2D eigenvalue weighted by molar-refractivity contribution is 8.22. The number of thiocarbonyl (C=S) groups is 1. The van der Waals surface area contributed by atoms with Crippen molar-refractivity contribution in [3.05, 3.63) is 70.8 Å². The number of allylic oxidation sites excluding steroid dienone is 1. The number of carbonyl (C=O) groups excluding carboxylic acids is 1. The van der Waals surface area contributed by atoms with Crippen molar-refractivity contribution in [2.45, 2.75) is 0 Å². The lowest BCUT2D eigenvalue weighted by atomic mass is 10.1. The Bertz CT molecular complexity index is 847. The van der Waals surface area contributed by atoms with Crippen molar-refractivity contribution in [2.24, 2.45) is 0 Å². The van der Waals surface area contributed by atoms with Crippen molar-refractivity contribution >= 4 is 51.8 Å². The summed E-state index contributed by atoms with van der Waals surface area (Å²) in [5, 5.41) is 0.672. The highest BCUT2D eigenvalue weighted by Gasteiger charge is 2.13. The summed E-state index contributed by atoms with van der Waals surface area (Å²) in [5.41, 5.74) is 1.54. The number of nitrogens with zero attached hydrogens (tertiary/aromatic N) is 1. The van der Waals surface area contributed by atoms with E-state index in [-0.39, 0.29) is 5.78 Å². The van der Waals surface area contributed by atoms with Crippen molar-refractivity contribution in [3.63, 3.8) is 0 Å². The Morgan fingerprint density at radius 1 is 1.14 bits per heavy atom. The first-order valence-corrected chi connectivity index (χ1v) is 11.1. The van der Waals surface area contributed by atoms with Gasteiger partial charge in [-0.3, -0.25) is 4.79 Å². The number of ether oxygens (including phenoxy) is 2. The van der Waals surface area contributed by atoms with Crippen LogP contribution in [0.2, 0.25) is 5.02 Å². The molecule has 0 radical (unpaired) electrons. The molecule has 0 amide bonds. The molecule has 0 bridgehead atoms. The third-order valence-electron chi connectivity index (χ3n) is 4.28. The van der Waals surface area contributed by atoms with E-state index in [9.17, 15) is 4.79 Å². The van der Waals surface area contributed by atoms with Crippen LogP contribution in [0.1, 0.15) is 15.9 Å². The normalized spacial score (nSPS) is 14.2. The Morgan fingerprint density at radius 3 is 2.52 bits per heavy atom. The molecule has 152 valence electrons. The Balaban J connectivity index is 1.41. The predicted molar refractivity (Wildman–Crippen MR) is 124 cm³/mol. The Labute approximate surface area is 185 Å². The van der Waals surface area contributed by atoms with Crippen LogP contribution in [0, 0.1) is 0 Å². The fourth-order valence-electron chi connectivity index (χ4n) is 2.68. The van der Waals surface area contributed by atoms with Gasteiger partial charge in [-0.05, 0) is 48.0 Å². The van der Waals surface area contributed by atoms with Crippen molar-refractivity contribution in [2.75, 3.05) is 38.7 Å². The first kappa shape index (κ1) is 21.8. The number of thioether (sulfide) groups is 1. The molecule has 0 saturated carbocycles. The van der Waals surface area contributed by atoms with Crippen LogP contribution < -0.4 is 4.74 Å². The van der Waals surface area contributed by atoms with E-state index < -0.39 is 0 Å². The van der Waals surface area contributed by atoms with Crippen molar-refractivity contribution in [1.82, 2.24) is 4.90 Å². The maximum absolute atomic E-state index is 12.3. The van der Waals surface area contributed by atoms with E-state index in [2.05, 4.69) is 4.90 Å². The summed E-state index contributed by atoms with van der Waals surface area (Å²) in [5.74, 6) is 1.46. The minimum atomic E-state index is -0.0575. The molecule has 1 saturated heterocycles. The molecule has 1 aliphatic heterocycles. The largest absolute Gasteiger partial charge is 0.493 e. The van der Waals surface area contributed by atoms with Gasteiger partial charge in [0.25, 0.3) is 0 Å². The van der Waals surface area contributed by atoms with Gasteiger partial charge in [-0.1, -0.05) is 53.8 Å². The first-order valence-electron chi connectivity index (χ1n) is 9.32. The summed E-state index contributed by atoms with van der Waals surface area (Å²) in [6.07, 6.45) is 3.33. The number of carbonyl (C=O) groups is 1. The van der Waals surface area contributed by atoms with Crippen LogP contribution in [0.3, 0.4) is 0 Å². The lowest BCUT2D eigenvalue weighted by Crippen LogP contribution is -2.38. The molecule has 2 aromatic carbocycles. The van der Waals surface area contributed by atoms with E-state index in [4.69, 9.17) is 33.3 Å². The Hall–Kier alpha value is -1.86. The van der Waals surface area contributed by atoms with Crippen LogP contribution in [0.5, 0.6) is 5.75 Å². The van der Waals surface area contributed by atoms with Gasteiger partial charge in [0.2, 0.25) is 0 Å². The van der Waals surface area contributed by atoms with Crippen LogP contribution >= 0.6 is 35.6 Å². The summed E-state index contributed by atoms with van der Waals surface area (Å²) < 4.78 is 12.0. The van der Waals surface area contributed by atoms with Crippen LogP contribution in [0.15, 0.2) is 54.6 Å². The van der Waals surface area contributed by atoms with Crippen molar-refractivity contribution < 1.29 is 14.3 Å². The molecule has 1 heterocycles. The molecule has 3 rings (SSSR count). The van der Waals surface area contributed by atoms with E-state index >= 15 is 0 Å². The SMILES string of the molecule is O=C(/C=C/c1ccc(Cl)cc1)c1ccc(OCCSC(=S)N2CCOCC2)cc1. The van der Waals surface area contributed by atoms with Gasteiger partial charge >= 0.3 is 0 Å². The van der Waals surface area contributed by atoms with Gasteiger partial charge in [0, 0.05) is 29.4 Å². The number of hydrogen-bond acceptors (Lipinski definition) is 5. The third kappa shape index (κ3) is 7.16. The smallest absolute Gasteiger partial charge is 0.185 e. The topological polar surface area (TPSA) is 38.8 Å². The van der Waals surface area contributed by atoms with E-state index in [1.807, 2.05) is 24.3 Å². The summed E-state index contributed by atoms with van der Waals surface area (Å²) in [7, 11) is 0. The highest BCUT2D eigenvalue weighted by Crippen LogP contribution is 2.16. The standard InChI is InChI=1S/C22H22ClNO3S2/c23-19-6-1-17(2-7-19)3-10-21(25)18-4-8-20(9-5-18)27-15-16-29-22(28)24-11-13-26-14-12-24/h1-10H,11-16H2/b10-3+. The van der Waals surface area contributed by atoms with E-state index in [0.29, 0.717) is 17.2 Å². The summed E-state index contributed by atoms with van der Waals surface area (Å²) >= 11 is 12.9. The summed E-state index contributed by atoms with van der Waals surface area (Å²) in [4.78, 5) is 14.5. The molecule has 29 heavy (non-hydrogen) atoms. The van der Waals surface area contributed by atoms with Gasteiger partial charge in [0.05, 0.1) is 19.8 Å². The van der Waals surface area contributed by atoms with Gasteiger partial charge in [0.15, 0.2) is 5.78 Å². The van der Waals surface area contributed by atoms with Gasteiger partial charge in [-0.15, -0.1) is 0 Å². The monoisotopic (exact) mass is 447 g/mol. The van der Waals surface area contributed by atoms with Crippen LogP contribution in [-0.4, -0.2) is 53.7 Å². The molecule has 4 nitrogen and oxygen atoms in total. The zero-order valence-electron chi connectivity index (χ0n) is 15.9.